The second-order valence-corrected chi connectivity index (χ2v) is 2.72. The summed E-state index contributed by atoms with van der Waals surface area (Å²) in [4.78, 5) is 18.5. The van der Waals surface area contributed by atoms with E-state index in [1.807, 2.05) is 0 Å². The Kier molecular flexibility index (Phi) is 24.8. The average Bonchev–Trinajstić information content (AvgIpc) is 2.07. The molecule has 0 aromatic rings. The standard InChI is InChI=1S/2CH4N2O2.2ClH.Co/c2*2-1(4)3-5;;;/h2*5H,(H3,2,3,4);2*1H;/q;;;;+2/p-2. The Labute approximate surface area is 87.9 Å². The van der Waals surface area contributed by atoms with Crippen molar-refractivity contribution in [2.45, 2.75) is 0 Å². The van der Waals surface area contributed by atoms with Gasteiger partial charge in [-0.15, -0.1) is 0 Å². The number of nitrogens with one attached hydrogen (secondary N) is 2. The Morgan fingerprint density at radius 2 is 1.15 bits per heavy atom. The van der Waals surface area contributed by atoms with Crippen LogP contribution in [0, 0.1) is 0 Å². The molecule has 0 heterocycles. The molecule has 0 aliphatic heterocycles. The number of hydrogen-bond donors (Lipinski definition) is 6. The van der Waals surface area contributed by atoms with Crippen LogP contribution >= 0.6 is 20.3 Å². The number of carbonyl (C=O) groups excluding carboxylic acids is 2. The van der Waals surface area contributed by atoms with Crippen LogP contribution in [0.2, 0.25) is 0 Å². The van der Waals surface area contributed by atoms with Crippen molar-refractivity contribution in [2.75, 3.05) is 0 Å². The maximum absolute atomic E-state index is 9.23. The molecule has 0 aliphatic rings. The van der Waals surface area contributed by atoms with E-state index in [1.54, 1.807) is 0 Å². The number of urea groups is 2. The topological polar surface area (TPSA) is 151 Å². The SMILES string of the molecule is NC(=O)NO.NC(=O)NO.[Cl][Co][Cl]. The van der Waals surface area contributed by atoms with Crippen molar-refractivity contribution in [3.05, 3.63) is 0 Å². The van der Waals surface area contributed by atoms with Crippen LogP contribution in [0.4, 0.5) is 9.59 Å². The number of primary amides is 2. The summed E-state index contributed by atoms with van der Waals surface area (Å²) >= 11 is 0.382. The molecule has 13 heavy (non-hydrogen) atoms. The third-order valence-corrected chi connectivity index (χ3v) is 0.220. The van der Waals surface area contributed by atoms with Gasteiger partial charge in [-0.25, -0.2) is 20.5 Å². The summed E-state index contributed by atoms with van der Waals surface area (Å²) in [7, 11) is 9.47. The van der Waals surface area contributed by atoms with Crippen LogP contribution in [0.15, 0.2) is 0 Å². The first-order valence-electron chi connectivity index (χ1n) is 2.18. The normalized spacial score (nSPS) is 6.77. The van der Waals surface area contributed by atoms with Crippen LogP contribution in [-0.2, 0) is 12.9 Å². The van der Waals surface area contributed by atoms with Gasteiger partial charge in [0.15, 0.2) is 0 Å². The summed E-state index contributed by atoms with van der Waals surface area (Å²) in [6, 6.07) is -1.88. The monoisotopic (exact) mass is 281 g/mol. The van der Waals surface area contributed by atoms with Crippen molar-refractivity contribution in [2.24, 2.45) is 11.5 Å². The van der Waals surface area contributed by atoms with E-state index in [-0.39, 0.29) is 0 Å². The van der Waals surface area contributed by atoms with Crippen molar-refractivity contribution in [1.82, 2.24) is 11.0 Å². The van der Waals surface area contributed by atoms with Gasteiger partial charge < -0.3 is 11.5 Å². The molecule has 0 radical (unpaired) electrons. The first kappa shape index (κ1) is 18.4. The van der Waals surface area contributed by atoms with Crippen LogP contribution in [0.3, 0.4) is 0 Å². The van der Waals surface area contributed by atoms with E-state index in [4.69, 9.17) is 30.7 Å². The van der Waals surface area contributed by atoms with Gasteiger partial charge in [-0.2, -0.15) is 0 Å². The molecule has 0 aromatic heterocycles. The predicted octanol–water partition coefficient (Wildman–Crippen LogP) is -0.536. The predicted molar refractivity (Wildman–Crippen MR) is 40.7 cm³/mol. The van der Waals surface area contributed by atoms with E-state index in [0.29, 0.717) is 12.9 Å². The van der Waals surface area contributed by atoms with Gasteiger partial charge in [-0.3, -0.25) is 10.4 Å². The molecular weight excluding hydrogens is 274 g/mol. The van der Waals surface area contributed by atoms with Crippen LogP contribution in [0.1, 0.15) is 0 Å². The van der Waals surface area contributed by atoms with Gasteiger partial charge >= 0.3 is 45.2 Å². The molecule has 0 aliphatic carbocycles. The molecule has 4 amide bonds. The third kappa shape index (κ3) is 83.7. The molecule has 0 aromatic carbocycles. The molecule has 8 nitrogen and oxygen atoms in total. The van der Waals surface area contributed by atoms with Crippen molar-refractivity contribution < 1.29 is 32.9 Å². The zero-order chi connectivity index (χ0) is 11.3. The van der Waals surface area contributed by atoms with Gasteiger partial charge in [0.25, 0.3) is 0 Å². The zero-order valence-electron chi connectivity index (χ0n) is 5.95. The first-order valence-corrected chi connectivity index (χ1v) is 5.05. The Bertz CT molecular complexity index is 123. The summed E-state index contributed by atoms with van der Waals surface area (Å²) in [6.45, 7) is 0. The first-order chi connectivity index (χ1) is 5.95. The molecule has 0 saturated heterocycles. The third-order valence-electron chi connectivity index (χ3n) is 0.220. The van der Waals surface area contributed by atoms with Crippen LogP contribution < -0.4 is 22.4 Å². The zero-order valence-corrected chi connectivity index (χ0v) is 8.51. The summed E-state index contributed by atoms with van der Waals surface area (Å²) in [5.41, 5.74) is 10.9. The molecule has 0 unspecified atom stereocenters. The number of rotatable bonds is 0. The van der Waals surface area contributed by atoms with Crippen LogP contribution in [0.25, 0.3) is 0 Å². The molecule has 83 valence electrons. The summed E-state index contributed by atoms with van der Waals surface area (Å²) in [6.07, 6.45) is 0. The summed E-state index contributed by atoms with van der Waals surface area (Å²) < 4.78 is 0. The summed E-state index contributed by atoms with van der Waals surface area (Å²) in [5, 5.41) is 14.8. The van der Waals surface area contributed by atoms with E-state index >= 15 is 0 Å². The van der Waals surface area contributed by atoms with Gasteiger partial charge in [0.1, 0.15) is 0 Å². The fraction of sp³-hybridized carbons (Fsp3) is 0. The quantitative estimate of drug-likeness (QED) is 0.261. The van der Waals surface area contributed by atoms with E-state index in [1.165, 1.54) is 11.0 Å². The number of carbonyl (C=O) groups is 2. The molecule has 0 bridgehead atoms. The Morgan fingerprint density at radius 3 is 1.15 bits per heavy atom. The van der Waals surface area contributed by atoms with Crippen molar-refractivity contribution in [3.8, 4) is 0 Å². The fourth-order valence-corrected chi connectivity index (χ4v) is 0. The molecule has 8 N–H and O–H groups in total. The van der Waals surface area contributed by atoms with Gasteiger partial charge in [0.2, 0.25) is 0 Å². The Balaban J connectivity index is -0.000000120. The molecule has 11 heteroatoms. The van der Waals surface area contributed by atoms with Crippen molar-refractivity contribution >= 4 is 32.4 Å². The van der Waals surface area contributed by atoms with E-state index in [0.717, 1.165) is 0 Å². The second-order valence-electron chi connectivity index (χ2n) is 1.000. The minimum absolute atomic E-state index is 0.382. The van der Waals surface area contributed by atoms with E-state index in [9.17, 15) is 9.59 Å². The van der Waals surface area contributed by atoms with Crippen molar-refractivity contribution in [3.63, 3.8) is 0 Å². The number of halogens is 2. The summed E-state index contributed by atoms with van der Waals surface area (Å²) in [5.74, 6) is 0. The van der Waals surface area contributed by atoms with Crippen molar-refractivity contribution in [1.29, 1.82) is 0 Å². The van der Waals surface area contributed by atoms with E-state index in [2.05, 4.69) is 11.5 Å². The molecule has 0 atom stereocenters. The Morgan fingerprint density at radius 1 is 1.08 bits per heavy atom. The molecule has 0 rings (SSSR count). The minimum atomic E-state index is -0.940. The van der Waals surface area contributed by atoms with Gasteiger partial charge in [-0.1, -0.05) is 0 Å². The molecule has 0 saturated carbocycles. The average molecular weight is 282 g/mol. The van der Waals surface area contributed by atoms with Crippen LogP contribution in [-0.4, -0.2) is 22.5 Å². The number of hydroxylamine groups is 2. The fourth-order valence-electron chi connectivity index (χ4n) is 0. The van der Waals surface area contributed by atoms with E-state index < -0.39 is 12.1 Å². The number of hydrogen-bond acceptors (Lipinski definition) is 4. The van der Waals surface area contributed by atoms with Gasteiger partial charge in [-0.05, 0) is 0 Å². The molecule has 0 fully saturated rings. The molecule has 0 spiro atoms. The second kappa shape index (κ2) is 17.6. The molecular formula is C2H8Cl2CoN4O4. The maximum atomic E-state index is 9.23. The van der Waals surface area contributed by atoms with Gasteiger partial charge in [0.05, 0.1) is 0 Å². The number of amides is 4. The van der Waals surface area contributed by atoms with Gasteiger partial charge in [0, 0.05) is 0 Å². The number of nitrogens with two attached hydrogens (primary N) is 2. The Hall–Kier alpha value is -0.454. The van der Waals surface area contributed by atoms with Crippen LogP contribution in [0.5, 0.6) is 0 Å².